The molecule has 0 atom stereocenters. The molecule has 12 aromatic rings. The van der Waals surface area contributed by atoms with E-state index in [1.807, 2.05) is 24.3 Å². The van der Waals surface area contributed by atoms with Crippen LogP contribution in [-0.4, -0.2) is 15.0 Å². The van der Waals surface area contributed by atoms with Crippen molar-refractivity contribution < 1.29 is 4.42 Å². The topological polar surface area (TPSA) is 51.8 Å². The van der Waals surface area contributed by atoms with Crippen LogP contribution in [-0.2, 0) is 0 Å². The van der Waals surface area contributed by atoms with Crippen LogP contribution in [0.15, 0.2) is 217 Å². The molecular formula is C57H35N3O. The minimum Gasteiger partial charge on any atom is -0.455 e. The van der Waals surface area contributed by atoms with E-state index in [0.29, 0.717) is 17.5 Å². The highest BCUT2D eigenvalue weighted by Gasteiger charge is 2.19. The number of benzene rings is 10. The molecule has 0 unspecified atom stereocenters. The summed E-state index contributed by atoms with van der Waals surface area (Å²) in [6, 6.07) is 74.6. The van der Waals surface area contributed by atoms with Crippen LogP contribution in [0.1, 0.15) is 0 Å². The molecule has 10 aromatic carbocycles. The monoisotopic (exact) mass is 777 g/mol. The number of hydrogen-bond donors (Lipinski definition) is 0. The smallest absolute Gasteiger partial charge is 0.164 e. The molecule has 0 amide bonds. The first-order valence-electron chi connectivity index (χ1n) is 20.6. The normalized spacial score (nSPS) is 11.6. The van der Waals surface area contributed by atoms with E-state index < -0.39 is 0 Å². The molecule has 0 aliphatic carbocycles. The molecular weight excluding hydrogens is 743 g/mol. The summed E-state index contributed by atoms with van der Waals surface area (Å²) >= 11 is 0. The second-order valence-corrected chi connectivity index (χ2v) is 15.5. The van der Waals surface area contributed by atoms with Crippen LogP contribution in [0.4, 0.5) is 0 Å². The van der Waals surface area contributed by atoms with Gasteiger partial charge in [0.25, 0.3) is 0 Å². The van der Waals surface area contributed by atoms with Gasteiger partial charge in [-0.3, -0.25) is 0 Å². The fraction of sp³-hybridized carbons (Fsp3) is 0. The molecule has 0 radical (unpaired) electrons. The van der Waals surface area contributed by atoms with Gasteiger partial charge in [0.05, 0.1) is 0 Å². The lowest BCUT2D eigenvalue weighted by Crippen LogP contribution is -2.01. The van der Waals surface area contributed by atoms with Gasteiger partial charge >= 0.3 is 0 Å². The van der Waals surface area contributed by atoms with Gasteiger partial charge < -0.3 is 4.42 Å². The van der Waals surface area contributed by atoms with Crippen molar-refractivity contribution in [1.29, 1.82) is 0 Å². The van der Waals surface area contributed by atoms with E-state index in [1.54, 1.807) is 0 Å². The summed E-state index contributed by atoms with van der Waals surface area (Å²) in [5.74, 6) is 1.81. The molecule has 0 aliphatic heterocycles. The zero-order valence-corrected chi connectivity index (χ0v) is 33.0. The minimum atomic E-state index is 0.595. The largest absolute Gasteiger partial charge is 0.455 e. The van der Waals surface area contributed by atoms with Crippen LogP contribution in [0.3, 0.4) is 0 Å². The average Bonchev–Trinajstić information content (AvgIpc) is 3.72. The predicted octanol–water partition coefficient (Wildman–Crippen LogP) is 15.2. The number of fused-ring (bicyclic) bond motifs is 7. The first-order chi connectivity index (χ1) is 30.2. The molecule has 284 valence electrons. The first-order valence-corrected chi connectivity index (χ1v) is 20.6. The standard InChI is InChI=1S/C57H35N3O/c1-2-14-36(15-3-1)43-20-8-9-24-50(43)57-59-55(58-56(60-57)42-19-12-18-40(34-42)46-25-13-26-49-47-23-10-11-27-52(47)61-54(46)49)39-30-28-38(29-31-39)53-45-22-7-5-17-41(45)35-51-44-21-6-4-16-37(44)32-33-48(51)53/h1-35H. The highest BCUT2D eigenvalue weighted by Crippen LogP contribution is 2.41. The molecule has 4 heteroatoms. The molecule has 0 N–H and O–H groups in total. The second kappa shape index (κ2) is 14.3. The Hall–Kier alpha value is -8.21. The second-order valence-electron chi connectivity index (χ2n) is 15.5. The summed E-state index contributed by atoms with van der Waals surface area (Å²) < 4.78 is 6.46. The minimum absolute atomic E-state index is 0.595. The van der Waals surface area contributed by atoms with Crippen molar-refractivity contribution in [1.82, 2.24) is 15.0 Å². The average molecular weight is 778 g/mol. The van der Waals surface area contributed by atoms with Crippen molar-refractivity contribution in [3.63, 3.8) is 0 Å². The van der Waals surface area contributed by atoms with Gasteiger partial charge in [-0.25, -0.2) is 15.0 Å². The van der Waals surface area contributed by atoms with E-state index in [4.69, 9.17) is 19.4 Å². The Labute approximate surface area is 352 Å². The van der Waals surface area contributed by atoms with Gasteiger partial charge in [0, 0.05) is 33.0 Å². The van der Waals surface area contributed by atoms with Crippen molar-refractivity contribution in [3.8, 4) is 67.5 Å². The third kappa shape index (κ3) is 5.96. The fourth-order valence-electron chi connectivity index (χ4n) is 9.02. The van der Waals surface area contributed by atoms with Gasteiger partial charge in [0.2, 0.25) is 0 Å². The van der Waals surface area contributed by atoms with Gasteiger partial charge in [-0.15, -0.1) is 0 Å². The lowest BCUT2D eigenvalue weighted by Gasteiger charge is -2.15. The highest BCUT2D eigenvalue weighted by molar-refractivity contribution is 6.20. The molecule has 2 aromatic heterocycles. The lowest BCUT2D eigenvalue weighted by atomic mass is 9.89. The van der Waals surface area contributed by atoms with Crippen LogP contribution in [0.5, 0.6) is 0 Å². The van der Waals surface area contributed by atoms with Crippen molar-refractivity contribution in [2.24, 2.45) is 0 Å². The van der Waals surface area contributed by atoms with Gasteiger partial charge in [-0.1, -0.05) is 194 Å². The van der Waals surface area contributed by atoms with Crippen LogP contribution in [0, 0.1) is 0 Å². The van der Waals surface area contributed by atoms with Gasteiger partial charge in [0.15, 0.2) is 17.5 Å². The Balaban J connectivity index is 1.02. The fourth-order valence-corrected chi connectivity index (χ4v) is 9.02. The van der Waals surface area contributed by atoms with Gasteiger partial charge in [-0.2, -0.15) is 0 Å². The van der Waals surface area contributed by atoms with Crippen LogP contribution >= 0.6 is 0 Å². The van der Waals surface area contributed by atoms with Crippen molar-refractivity contribution in [2.45, 2.75) is 0 Å². The third-order valence-corrected chi connectivity index (χ3v) is 11.9. The molecule has 4 nitrogen and oxygen atoms in total. The van der Waals surface area contributed by atoms with Crippen LogP contribution < -0.4 is 0 Å². The van der Waals surface area contributed by atoms with Crippen LogP contribution in [0.25, 0.3) is 122 Å². The summed E-state index contributed by atoms with van der Waals surface area (Å²) in [7, 11) is 0. The van der Waals surface area contributed by atoms with Crippen molar-refractivity contribution >= 4 is 54.3 Å². The van der Waals surface area contributed by atoms with E-state index in [0.717, 1.165) is 66.4 Å². The molecule has 12 rings (SSSR count). The zero-order valence-electron chi connectivity index (χ0n) is 33.0. The highest BCUT2D eigenvalue weighted by atomic mass is 16.3. The number of nitrogens with zero attached hydrogens (tertiary/aromatic N) is 3. The quantitative estimate of drug-likeness (QED) is 0.125. The summed E-state index contributed by atoms with van der Waals surface area (Å²) in [5, 5.41) is 9.60. The number of hydrogen-bond acceptors (Lipinski definition) is 4. The summed E-state index contributed by atoms with van der Waals surface area (Å²) in [5.41, 5.74) is 11.0. The zero-order chi connectivity index (χ0) is 40.3. The Morgan fingerprint density at radius 2 is 0.869 bits per heavy atom. The predicted molar refractivity (Wildman–Crippen MR) is 252 cm³/mol. The molecule has 0 saturated heterocycles. The van der Waals surface area contributed by atoms with E-state index in [2.05, 4.69) is 188 Å². The lowest BCUT2D eigenvalue weighted by molar-refractivity contribution is 0.670. The van der Waals surface area contributed by atoms with Gasteiger partial charge in [0.1, 0.15) is 11.2 Å². The van der Waals surface area contributed by atoms with E-state index in [9.17, 15) is 0 Å². The Bertz CT molecular complexity index is 3650. The van der Waals surface area contributed by atoms with E-state index >= 15 is 0 Å². The Kier molecular flexibility index (Phi) is 8.13. The molecule has 0 spiro atoms. The maximum atomic E-state index is 6.46. The third-order valence-electron chi connectivity index (χ3n) is 11.9. The Morgan fingerprint density at radius 1 is 0.279 bits per heavy atom. The maximum Gasteiger partial charge on any atom is 0.164 e. The summed E-state index contributed by atoms with van der Waals surface area (Å²) in [6.07, 6.45) is 0. The summed E-state index contributed by atoms with van der Waals surface area (Å²) in [4.78, 5) is 15.7. The summed E-state index contributed by atoms with van der Waals surface area (Å²) in [6.45, 7) is 0. The van der Waals surface area contributed by atoms with Crippen molar-refractivity contribution in [3.05, 3.63) is 212 Å². The molecule has 2 heterocycles. The molecule has 0 fully saturated rings. The van der Waals surface area contributed by atoms with E-state index in [-0.39, 0.29) is 0 Å². The first kappa shape index (κ1) is 34.8. The number of rotatable bonds is 6. The maximum absolute atomic E-state index is 6.46. The molecule has 0 saturated carbocycles. The number of aromatic nitrogens is 3. The van der Waals surface area contributed by atoms with Gasteiger partial charge in [-0.05, 0) is 78.3 Å². The molecule has 0 aliphatic rings. The molecule has 0 bridgehead atoms. The SMILES string of the molecule is c1ccc(-c2ccccc2-c2nc(-c3ccc(-c4c5ccccc5cc5c4ccc4ccccc45)cc3)nc(-c3cccc(-c4cccc5c4oc4ccccc45)c3)n2)cc1. The van der Waals surface area contributed by atoms with Crippen molar-refractivity contribution in [2.75, 3.05) is 0 Å². The van der Waals surface area contributed by atoms with Crippen LogP contribution in [0.2, 0.25) is 0 Å². The number of para-hydroxylation sites is 2. The Morgan fingerprint density at radius 3 is 1.72 bits per heavy atom. The molecule has 61 heavy (non-hydrogen) atoms. The number of furan rings is 1. The van der Waals surface area contributed by atoms with E-state index in [1.165, 1.54) is 37.9 Å².